The van der Waals surface area contributed by atoms with Crippen LogP contribution in [0.1, 0.15) is 85.0 Å². The van der Waals surface area contributed by atoms with E-state index in [1.807, 2.05) is 7.11 Å². The van der Waals surface area contributed by atoms with Crippen molar-refractivity contribution in [1.82, 2.24) is 0 Å². The SMILES string of the molecule is CO[C@H]1CC[C@H]2[C@@H]3CC[C@@H]4C[C@@](O)(C#CCCOC(C)=O)CC[C@]4(C)[C@H]3CC[C@]12C. The van der Waals surface area contributed by atoms with Crippen molar-refractivity contribution in [1.29, 1.82) is 0 Å². The summed E-state index contributed by atoms with van der Waals surface area (Å²) in [5, 5.41) is 11.2. The number of carbonyl (C=O) groups excluding carboxylic acids is 1. The predicted molar refractivity (Wildman–Crippen MR) is 116 cm³/mol. The minimum absolute atomic E-state index is 0.275. The zero-order valence-corrected chi connectivity index (χ0v) is 19.3. The van der Waals surface area contributed by atoms with E-state index in [1.54, 1.807) is 0 Å². The Morgan fingerprint density at radius 2 is 1.80 bits per heavy atom. The van der Waals surface area contributed by atoms with Crippen molar-refractivity contribution in [3.8, 4) is 11.8 Å². The molecular formula is C26H40O4. The average Bonchev–Trinajstić information content (AvgIpc) is 3.04. The Balaban J connectivity index is 1.44. The maximum atomic E-state index is 11.2. The first-order valence-corrected chi connectivity index (χ1v) is 12.1. The summed E-state index contributed by atoms with van der Waals surface area (Å²) >= 11 is 0. The predicted octanol–water partition coefficient (Wildman–Crippen LogP) is 4.73. The second-order valence-electron chi connectivity index (χ2n) is 11.1. The van der Waals surface area contributed by atoms with Gasteiger partial charge in [-0.2, -0.15) is 0 Å². The van der Waals surface area contributed by atoms with Crippen molar-refractivity contribution in [2.24, 2.45) is 34.5 Å². The maximum Gasteiger partial charge on any atom is 0.302 e. The lowest BCUT2D eigenvalue weighted by Gasteiger charge is -2.61. The van der Waals surface area contributed by atoms with Gasteiger partial charge in [0.1, 0.15) is 12.2 Å². The number of fused-ring (bicyclic) bond motifs is 5. The van der Waals surface area contributed by atoms with E-state index >= 15 is 0 Å². The fourth-order valence-electron chi connectivity index (χ4n) is 8.17. The molecule has 0 spiro atoms. The third kappa shape index (κ3) is 3.71. The molecule has 0 saturated heterocycles. The molecule has 1 N–H and O–H groups in total. The van der Waals surface area contributed by atoms with Crippen LogP contribution < -0.4 is 0 Å². The fourth-order valence-corrected chi connectivity index (χ4v) is 8.17. The van der Waals surface area contributed by atoms with Crippen molar-refractivity contribution in [3.63, 3.8) is 0 Å². The Morgan fingerprint density at radius 1 is 1.03 bits per heavy atom. The number of esters is 1. The van der Waals surface area contributed by atoms with E-state index in [1.165, 1.54) is 45.4 Å². The van der Waals surface area contributed by atoms with Crippen molar-refractivity contribution >= 4 is 5.97 Å². The molecule has 0 amide bonds. The van der Waals surface area contributed by atoms with E-state index in [9.17, 15) is 9.90 Å². The molecule has 4 fully saturated rings. The molecule has 30 heavy (non-hydrogen) atoms. The molecule has 0 aliphatic heterocycles. The lowest BCUT2D eigenvalue weighted by molar-refractivity contribution is -0.146. The molecule has 0 unspecified atom stereocenters. The van der Waals surface area contributed by atoms with Crippen LogP contribution in [0.2, 0.25) is 0 Å². The number of hydrogen-bond donors (Lipinski definition) is 1. The van der Waals surface area contributed by atoms with Crippen LogP contribution in [0.3, 0.4) is 0 Å². The van der Waals surface area contributed by atoms with Gasteiger partial charge >= 0.3 is 5.97 Å². The van der Waals surface area contributed by atoms with Gasteiger partial charge in [-0.15, -0.1) is 0 Å². The highest BCUT2D eigenvalue weighted by Crippen LogP contribution is 2.67. The smallest absolute Gasteiger partial charge is 0.302 e. The third-order valence-corrected chi connectivity index (χ3v) is 9.78. The summed E-state index contributed by atoms with van der Waals surface area (Å²) in [5.74, 6) is 8.92. The monoisotopic (exact) mass is 416 g/mol. The van der Waals surface area contributed by atoms with Gasteiger partial charge in [0, 0.05) is 20.5 Å². The van der Waals surface area contributed by atoms with Gasteiger partial charge in [0.2, 0.25) is 0 Å². The van der Waals surface area contributed by atoms with Crippen LogP contribution in [0.25, 0.3) is 0 Å². The summed E-state index contributed by atoms with van der Waals surface area (Å²) in [7, 11) is 1.90. The fraction of sp³-hybridized carbons (Fsp3) is 0.885. The number of methoxy groups -OCH3 is 1. The molecule has 168 valence electrons. The molecule has 4 aliphatic carbocycles. The van der Waals surface area contributed by atoms with Gasteiger partial charge in [-0.3, -0.25) is 4.79 Å². The Kier molecular flexibility index (Phi) is 6.01. The van der Waals surface area contributed by atoms with Gasteiger partial charge in [-0.1, -0.05) is 25.7 Å². The zero-order valence-electron chi connectivity index (χ0n) is 19.3. The average molecular weight is 417 g/mol. The zero-order chi connectivity index (χ0) is 21.6. The molecule has 4 rings (SSSR count). The minimum Gasteiger partial charge on any atom is -0.465 e. The van der Waals surface area contributed by atoms with Gasteiger partial charge in [0.25, 0.3) is 0 Å². The van der Waals surface area contributed by atoms with Gasteiger partial charge in [0.15, 0.2) is 0 Å². The summed E-state index contributed by atoms with van der Waals surface area (Å²) in [6.45, 7) is 6.74. The maximum absolute atomic E-state index is 11.2. The van der Waals surface area contributed by atoms with E-state index in [-0.39, 0.29) is 5.97 Å². The first kappa shape index (κ1) is 22.2. The molecule has 4 aliphatic rings. The Morgan fingerprint density at radius 3 is 2.53 bits per heavy atom. The number of ether oxygens (including phenoxy) is 2. The molecule has 0 aromatic heterocycles. The topological polar surface area (TPSA) is 55.8 Å². The van der Waals surface area contributed by atoms with Crippen LogP contribution >= 0.6 is 0 Å². The molecule has 0 aromatic carbocycles. The van der Waals surface area contributed by atoms with Gasteiger partial charge in [0.05, 0.1) is 6.10 Å². The second kappa shape index (κ2) is 8.14. The van der Waals surface area contributed by atoms with Crippen molar-refractivity contribution < 1.29 is 19.4 Å². The third-order valence-electron chi connectivity index (χ3n) is 9.78. The van der Waals surface area contributed by atoms with Gasteiger partial charge < -0.3 is 14.6 Å². The number of carbonyl (C=O) groups is 1. The lowest BCUT2D eigenvalue weighted by atomic mass is 9.44. The van der Waals surface area contributed by atoms with Crippen LogP contribution in [0.15, 0.2) is 0 Å². The van der Waals surface area contributed by atoms with Gasteiger partial charge in [-0.05, 0) is 92.3 Å². The molecule has 4 heteroatoms. The second-order valence-corrected chi connectivity index (χ2v) is 11.1. The van der Waals surface area contributed by atoms with Crippen LogP contribution in [0.4, 0.5) is 0 Å². The number of rotatable bonds is 3. The Labute approximate surface area is 182 Å². The van der Waals surface area contributed by atoms with E-state index in [0.717, 1.165) is 37.0 Å². The molecule has 0 aromatic rings. The highest BCUT2D eigenvalue weighted by Gasteiger charge is 2.61. The van der Waals surface area contributed by atoms with E-state index in [0.29, 0.717) is 35.9 Å². The van der Waals surface area contributed by atoms with Crippen molar-refractivity contribution in [2.75, 3.05) is 13.7 Å². The molecule has 4 nitrogen and oxygen atoms in total. The first-order valence-electron chi connectivity index (χ1n) is 12.1. The summed E-state index contributed by atoms with van der Waals surface area (Å²) in [4.78, 5) is 10.9. The summed E-state index contributed by atoms with van der Waals surface area (Å²) < 4.78 is 10.9. The van der Waals surface area contributed by atoms with E-state index in [2.05, 4.69) is 25.7 Å². The molecule has 0 heterocycles. The lowest BCUT2D eigenvalue weighted by Crippen LogP contribution is -2.56. The largest absolute Gasteiger partial charge is 0.465 e. The minimum atomic E-state index is -0.870. The van der Waals surface area contributed by atoms with Crippen LogP contribution in [0, 0.1) is 46.3 Å². The van der Waals surface area contributed by atoms with Crippen LogP contribution in [-0.2, 0) is 14.3 Å². The van der Waals surface area contributed by atoms with Gasteiger partial charge in [-0.25, -0.2) is 0 Å². The molecule has 0 bridgehead atoms. The van der Waals surface area contributed by atoms with Crippen LogP contribution in [-0.4, -0.2) is 36.5 Å². The Bertz CT molecular complexity index is 722. The molecule has 8 atom stereocenters. The molecule has 0 radical (unpaired) electrons. The van der Waals surface area contributed by atoms with E-state index < -0.39 is 5.60 Å². The molecular weight excluding hydrogens is 376 g/mol. The van der Waals surface area contributed by atoms with Crippen molar-refractivity contribution in [3.05, 3.63) is 0 Å². The normalized spacial score (nSPS) is 47.3. The summed E-state index contributed by atoms with van der Waals surface area (Å²) in [5.41, 5.74) is -0.173. The van der Waals surface area contributed by atoms with Crippen LogP contribution in [0.5, 0.6) is 0 Å². The standard InChI is InChI=1S/C26H40O4/c1-18(27)30-16-6-5-12-26(28)15-14-24(2)19(17-26)7-8-20-21-9-10-23(29-4)25(21,3)13-11-22(20)24/h19-23,28H,6-11,13-17H2,1-4H3/t19-,20+,21+,22+,23+,24+,25+,26-/m1/s1. The molecule has 4 saturated carbocycles. The summed E-state index contributed by atoms with van der Waals surface area (Å²) in [6.07, 6.45) is 11.3. The highest BCUT2D eigenvalue weighted by molar-refractivity contribution is 5.65. The Hall–Kier alpha value is -1.05. The van der Waals surface area contributed by atoms with E-state index in [4.69, 9.17) is 9.47 Å². The number of hydrogen-bond acceptors (Lipinski definition) is 4. The number of aliphatic hydroxyl groups is 1. The summed E-state index contributed by atoms with van der Waals surface area (Å²) in [6, 6.07) is 0. The first-order chi connectivity index (χ1) is 14.2. The quantitative estimate of drug-likeness (QED) is 0.410. The van der Waals surface area contributed by atoms with Crippen molar-refractivity contribution in [2.45, 2.75) is 96.7 Å². The highest BCUT2D eigenvalue weighted by atomic mass is 16.5.